The monoisotopic (exact) mass is 437 g/mol. The van der Waals surface area contributed by atoms with E-state index in [-0.39, 0.29) is 18.0 Å². The van der Waals surface area contributed by atoms with E-state index in [9.17, 15) is 19.7 Å². The van der Waals surface area contributed by atoms with E-state index < -0.39 is 16.8 Å². The molecule has 0 aliphatic heterocycles. The van der Waals surface area contributed by atoms with Crippen LogP contribution in [0.15, 0.2) is 60.0 Å². The number of nitro groups is 1. The topological polar surface area (TPSA) is 138 Å². The zero-order valence-corrected chi connectivity index (χ0v) is 17.2. The molecule has 0 aliphatic rings. The van der Waals surface area contributed by atoms with Crippen molar-refractivity contribution in [2.24, 2.45) is 5.10 Å². The van der Waals surface area contributed by atoms with E-state index >= 15 is 0 Å². The van der Waals surface area contributed by atoms with E-state index in [2.05, 4.69) is 15.6 Å². The Balaban J connectivity index is 1.61. The average Bonchev–Trinajstić information content (AvgIpc) is 3.23. The van der Waals surface area contributed by atoms with Crippen molar-refractivity contribution in [3.8, 4) is 11.5 Å². The third kappa shape index (κ3) is 5.53. The number of nitrogens with one attached hydrogen (secondary N) is 1. The molecule has 1 amide bonds. The number of methoxy groups -OCH3 is 1. The van der Waals surface area contributed by atoms with Crippen molar-refractivity contribution in [3.05, 3.63) is 81.7 Å². The predicted molar refractivity (Wildman–Crippen MR) is 114 cm³/mol. The summed E-state index contributed by atoms with van der Waals surface area (Å²) < 4.78 is 11.9. The molecule has 0 bridgehead atoms. The second-order valence-corrected chi connectivity index (χ2v) is 6.56. The summed E-state index contributed by atoms with van der Waals surface area (Å²) in [6.07, 6.45) is 3.57. The Hall–Kier alpha value is -4.54. The van der Waals surface area contributed by atoms with E-state index in [1.54, 1.807) is 30.3 Å². The maximum atomic E-state index is 12.4. The predicted octanol–water partition coefficient (Wildman–Crippen LogP) is 2.48. The summed E-state index contributed by atoms with van der Waals surface area (Å²) in [4.78, 5) is 34.4. The Morgan fingerprint density at radius 1 is 1.25 bits per heavy atom. The summed E-state index contributed by atoms with van der Waals surface area (Å²) in [5.74, 6) is -0.475. The Morgan fingerprint density at radius 3 is 2.72 bits per heavy atom. The van der Waals surface area contributed by atoms with Crippen LogP contribution in [0.25, 0.3) is 0 Å². The molecule has 164 valence electrons. The Bertz CT molecular complexity index is 1190. The molecular formula is C21H19N5O6. The molecule has 1 N–H and O–H groups in total. The fraction of sp³-hybridized carbons (Fsp3) is 0.143. The van der Waals surface area contributed by atoms with Crippen LogP contribution in [0.5, 0.6) is 11.5 Å². The number of hydrazone groups is 1. The number of carbonyl (C=O) groups is 2. The summed E-state index contributed by atoms with van der Waals surface area (Å²) in [6.45, 7) is 1.58. The summed E-state index contributed by atoms with van der Waals surface area (Å²) in [5, 5.41) is 18.2. The van der Waals surface area contributed by atoms with Crippen molar-refractivity contribution in [3.63, 3.8) is 0 Å². The van der Waals surface area contributed by atoms with Gasteiger partial charge in [0.15, 0.2) is 11.5 Å². The number of hydrogen-bond acceptors (Lipinski definition) is 8. The molecule has 0 unspecified atom stereocenters. The van der Waals surface area contributed by atoms with Crippen LogP contribution in [0.4, 0.5) is 5.69 Å². The van der Waals surface area contributed by atoms with E-state index in [4.69, 9.17) is 9.47 Å². The van der Waals surface area contributed by atoms with Crippen LogP contribution in [0.3, 0.4) is 0 Å². The Morgan fingerprint density at radius 2 is 2.03 bits per heavy atom. The number of esters is 1. The van der Waals surface area contributed by atoms with Crippen LogP contribution < -0.4 is 14.9 Å². The van der Waals surface area contributed by atoms with Gasteiger partial charge in [-0.15, -0.1) is 0 Å². The molecule has 32 heavy (non-hydrogen) atoms. The highest BCUT2D eigenvalue weighted by molar-refractivity contribution is 5.93. The van der Waals surface area contributed by atoms with Crippen LogP contribution in [0.1, 0.15) is 21.5 Å². The maximum Gasteiger partial charge on any atom is 0.343 e. The molecule has 11 nitrogen and oxygen atoms in total. The van der Waals surface area contributed by atoms with Crippen LogP contribution in [0.2, 0.25) is 0 Å². The Kier molecular flexibility index (Phi) is 6.91. The van der Waals surface area contributed by atoms with Gasteiger partial charge in [-0.1, -0.05) is 18.2 Å². The van der Waals surface area contributed by atoms with Gasteiger partial charge in [0.2, 0.25) is 0 Å². The number of carbonyl (C=O) groups excluding carboxylic acids is 2. The largest absolute Gasteiger partial charge is 0.493 e. The fourth-order valence-electron chi connectivity index (χ4n) is 2.70. The molecule has 3 rings (SSSR count). The van der Waals surface area contributed by atoms with Crippen LogP contribution in [-0.2, 0) is 11.3 Å². The van der Waals surface area contributed by atoms with Crippen LogP contribution in [-0.4, -0.2) is 39.9 Å². The first-order chi connectivity index (χ1) is 15.4. The van der Waals surface area contributed by atoms with Gasteiger partial charge in [0.05, 0.1) is 23.8 Å². The molecule has 11 heteroatoms. The molecule has 1 aromatic heterocycles. The molecule has 3 aromatic rings. The molecule has 0 aliphatic carbocycles. The van der Waals surface area contributed by atoms with Crippen molar-refractivity contribution in [1.29, 1.82) is 0 Å². The van der Waals surface area contributed by atoms with Crippen molar-refractivity contribution in [2.45, 2.75) is 13.5 Å². The number of rotatable bonds is 8. The van der Waals surface area contributed by atoms with Gasteiger partial charge in [-0.25, -0.2) is 10.2 Å². The lowest BCUT2D eigenvalue weighted by Gasteiger charge is -2.11. The van der Waals surface area contributed by atoms with Crippen LogP contribution in [0, 0.1) is 17.0 Å². The number of ether oxygens (including phenoxy) is 2. The van der Waals surface area contributed by atoms with Gasteiger partial charge >= 0.3 is 11.7 Å². The minimum atomic E-state index is -0.602. The SMILES string of the molecule is COc1cc(/C=N/NC(=O)Cn2cc([N+](=O)[O-])cn2)ccc1OC(=O)c1ccccc1C. The second-order valence-electron chi connectivity index (χ2n) is 6.56. The van der Waals surface area contributed by atoms with Crippen molar-refractivity contribution < 1.29 is 24.0 Å². The molecule has 0 spiro atoms. The molecule has 0 radical (unpaired) electrons. The fourth-order valence-corrected chi connectivity index (χ4v) is 2.70. The normalized spacial score (nSPS) is 10.7. The van der Waals surface area contributed by atoms with Crippen molar-refractivity contribution in [2.75, 3.05) is 7.11 Å². The van der Waals surface area contributed by atoms with E-state index in [1.807, 2.05) is 19.1 Å². The highest BCUT2D eigenvalue weighted by atomic mass is 16.6. The standard InChI is InChI=1S/C21H19N5O6/c1-14-5-3-4-6-17(14)21(28)32-18-8-7-15(9-19(18)31-2)10-22-24-20(27)13-25-12-16(11-23-25)26(29)30/h3-12H,13H2,1-2H3,(H,24,27)/b22-10+. The molecule has 0 saturated carbocycles. The van der Waals surface area contributed by atoms with Gasteiger partial charge in [0, 0.05) is 0 Å². The molecule has 0 saturated heterocycles. The number of nitrogens with zero attached hydrogens (tertiary/aromatic N) is 4. The number of benzene rings is 2. The quantitative estimate of drug-likeness (QED) is 0.188. The number of aryl methyl sites for hydroxylation is 1. The molecule has 1 heterocycles. The lowest BCUT2D eigenvalue weighted by molar-refractivity contribution is -0.385. The summed E-state index contributed by atoms with van der Waals surface area (Å²) >= 11 is 0. The first kappa shape index (κ1) is 22.2. The van der Waals surface area contributed by atoms with E-state index in [0.29, 0.717) is 16.9 Å². The molecule has 0 atom stereocenters. The second kappa shape index (κ2) is 9.98. The minimum absolute atomic E-state index is 0.211. The number of aromatic nitrogens is 2. The maximum absolute atomic E-state index is 12.4. The minimum Gasteiger partial charge on any atom is -0.493 e. The van der Waals surface area contributed by atoms with Gasteiger partial charge < -0.3 is 9.47 Å². The van der Waals surface area contributed by atoms with Gasteiger partial charge in [-0.2, -0.15) is 10.2 Å². The number of amides is 1. The smallest absolute Gasteiger partial charge is 0.343 e. The highest BCUT2D eigenvalue weighted by Gasteiger charge is 2.14. The zero-order chi connectivity index (χ0) is 23.1. The van der Waals surface area contributed by atoms with Gasteiger partial charge in [-0.3, -0.25) is 19.6 Å². The zero-order valence-electron chi connectivity index (χ0n) is 17.2. The van der Waals surface area contributed by atoms with Gasteiger partial charge in [0.25, 0.3) is 5.91 Å². The van der Waals surface area contributed by atoms with Crippen molar-refractivity contribution in [1.82, 2.24) is 15.2 Å². The van der Waals surface area contributed by atoms with Gasteiger partial charge in [-0.05, 0) is 42.3 Å². The van der Waals surface area contributed by atoms with Gasteiger partial charge in [0.1, 0.15) is 18.9 Å². The van der Waals surface area contributed by atoms with Crippen molar-refractivity contribution >= 4 is 23.8 Å². The summed E-state index contributed by atoms with van der Waals surface area (Å²) in [6, 6.07) is 11.9. The first-order valence-electron chi connectivity index (χ1n) is 9.32. The van der Waals surface area contributed by atoms with E-state index in [0.717, 1.165) is 22.6 Å². The lowest BCUT2D eigenvalue weighted by atomic mass is 10.1. The third-order valence-corrected chi connectivity index (χ3v) is 4.29. The summed E-state index contributed by atoms with van der Waals surface area (Å²) in [5.41, 5.74) is 3.91. The average molecular weight is 437 g/mol. The van der Waals surface area contributed by atoms with E-state index in [1.165, 1.54) is 13.3 Å². The molecule has 2 aromatic carbocycles. The first-order valence-corrected chi connectivity index (χ1v) is 9.32. The van der Waals surface area contributed by atoms with Crippen LogP contribution >= 0.6 is 0 Å². The lowest BCUT2D eigenvalue weighted by Crippen LogP contribution is -2.23. The Labute approximate surface area is 182 Å². The highest BCUT2D eigenvalue weighted by Crippen LogP contribution is 2.28. The summed E-state index contributed by atoms with van der Waals surface area (Å²) in [7, 11) is 1.44. The number of hydrogen-bond donors (Lipinski definition) is 1. The molecule has 0 fully saturated rings. The molecular weight excluding hydrogens is 418 g/mol. The third-order valence-electron chi connectivity index (χ3n) is 4.29.